The number of sulfonamides is 1. The Kier molecular flexibility index (Phi) is 4.87. The lowest BCUT2D eigenvalue weighted by Crippen LogP contribution is -2.33. The SMILES string of the molecule is COc1c(F)cc(CC(=O)ON2C(=O)c3ccccc3C2=O)cc1S(N)(=O)=O. The zero-order valence-electron chi connectivity index (χ0n) is 14.3. The molecule has 0 radical (unpaired) electrons. The number of rotatable bonds is 5. The topological polar surface area (TPSA) is 133 Å². The van der Waals surface area contributed by atoms with Crippen molar-refractivity contribution >= 4 is 27.8 Å². The van der Waals surface area contributed by atoms with Crippen LogP contribution in [0.3, 0.4) is 0 Å². The van der Waals surface area contributed by atoms with Crippen LogP contribution in [-0.2, 0) is 26.1 Å². The summed E-state index contributed by atoms with van der Waals surface area (Å²) in [6.07, 6.45) is -0.628. The van der Waals surface area contributed by atoms with Gasteiger partial charge in [-0.1, -0.05) is 17.2 Å². The molecule has 0 fully saturated rings. The van der Waals surface area contributed by atoms with E-state index in [-0.39, 0.29) is 16.7 Å². The Labute approximate surface area is 158 Å². The highest BCUT2D eigenvalue weighted by Gasteiger charge is 2.38. The average Bonchev–Trinajstić information content (AvgIpc) is 2.86. The number of amides is 2. The van der Waals surface area contributed by atoms with Gasteiger partial charge in [0.2, 0.25) is 10.0 Å². The van der Waals surface area contributed by atoms with Crippen LogP contribution in [0.25, 0.3) is 0 Å². The first-order chi connectivity index (χ1) is 13.1. The summed E-state index contributed by atoms with van der Waals surface area (Å²) in [6.45, 7) is 0. The van der Waals surface area contributed by atoms with Crippen molar-refractivity contribution < 1.29 is 36.8 Å². The van der Waals surface area contributed by atoms with E-state index in [0.717, 1.165) is 19.2 Å². The van der Waals surface area contributed by atoms with Crippen molar-refractivity contribution in [3.63, 3.8) is 0 Å². The fourth-order valence-corrected chi connectivity index (χ4v) is 3.44. The second kappa shape index (κ2) is 7.02. The van der Waals surface area contributed by atoms with Crippen LogP contribution in [0.15, 0.2) is 41.3 Å². The zero-order valence-corrected chi connectivity index (χ0v) is 15.2. The van der Waals surface area contributed by atoms with Crippen molar-refractivity contribution in [1.29, 1.82) is 0 Å². The van der Waals surface area contributed by atoms with E-state index in [2.05, 4.69) is 4.74 Å². The van der Waals surface area contributed by atoms with Crippen LogP contribution in [0.4, 0.5) is 4.39 Å². The Hall–Kier alpha value is -3.31. The van der Waals surface area contributed by atoms with E-state index >= 15 is 0 Å². The molecule has 28 heavy (non-hydrogen) atoms. The number of imide groups is 1. The van der Waals surface area contributed by atoms with Crippen molar-refractivity contribution in [2.24, 2.45) is 5.14 Å². The van der Waals surface area contributed by atoms with Crippen molar-refractivity contribution in [2.75, 3.05) is 7.11 Å². The molecule has 0 saturated carbocycles. The molecule has 3 rings (SSSR count). The predicted octanol–water partition coefficient (Wildman–Crippen LogP) is 0.779. The lowest BCUT2D eigenvalue weighted by Gasteiger charge is -2.14. The summed E-state index contributed by atoms with van der Waals surface area (Å²) < 4.78 is 42.0. The number of hydrogen-bond donors (Lipinski definition) is 1. The Balaban J connectivity index is 1.82. The number of hydroxylamine groups is 2. The van der Waals surface area contributed by atoms with Crippen LogP contribution in [0.2, 0.25) is 0 Å². The maximum absolute atomic E-state index is 14.1. The quantitative estimate of drug-likeness (QED) is 0.723. The predicted molar refractivity (Wildman–Crippen MR) is 91.1 cm³/mol. The van der Waals surface area contributed by atoms with E-state index < -0.39 is 50.7 Å². The maximum Gasteiger partial charge on any atom is 0.337 e. The minimum absolute atomic E-state index is 0.0762. The van der Waals surface area contributed by atoms with Gasteiger partial charge in [-0.25, -0.2) is 22.7 Å². The number of hydrogen-bond acceptors (Lipinski definition) is 7. The van der Waals surface area contributed by atoms with Crippen LogP contribution in [-0.4, -0.2) is 38.4 Å². The molecule has 1 aliphatic rings. The van der Waals surface area contributed by atoms with Crippen LogP contribution in [0, 0.1) is 5.82 Å². The molecule has 1 heterocycles. The van der Waals surface area contributed by atoms with Gasteiger partial charge in [0.1, 0.15) is 4.90 Å². The fourth-order valence-electron chi connectivity index (χ4n) is 2.68. The largest absolute Gasteiger partial charge is 0.492 e. The first-order valence-electron chi connectivity index (χ1n) is 7.71. The summed E-state index contributed by atoms with van der Waals surface area (Å²) in [4.78, 5) is 40.6. The van der Waals surface area contributed by atoms with Crippen LogP contribution in [0.1, 0.15) is 26.3 Å². The number of carbonyl (C=O) groups is 3. The summed E-state index contributed by atoms with van der Waals surface area (Å²) in [5.74, 6) is -4.38. The van der Waals surface area contributed by atoms with Gasteiger partial charge < -0.3 is 9.57 Å². The number of nitrogens with zero attached hydrogens (tertiary/aromatic N) is 1. The number of fused-ring (bicyclic) bond motifs is 1. The van der Waals surface area contributed by atoms with E-state index in [0.29, 0.717) is 5.06 Å². The molecule has 0 saturated heterocycles. The third-order valence-electron chi connectivity index (χ3n) is 3.88. The van der Waals surface area contributed by atoms with E-state index in [1.165, 1.54) is 12.1 Å². The fraction of sp³-hybridized carbons (Fsp3) is 0.118. The molecule has 0 atom stereocenters. The van der Waals surface area contributed by atoms with Crippen molar-refractivity contribution in [1.82, 2.24) is 5.06 Å². The van der Waals surface area contributed by atoms with Gasteiger partial charge in [0, 0.05) is 0 Å². The molecule has 1 aliphatic heterocycles. The first kappa shape index (κ1) is 19.5. The molecule has 0 bridgehead atoms. The lowest BCUT2D eigenvalue weighted by molar-refractivity contribution is -0.167. The third kappa shape index (κ3) is 3.44. The van der Waals surface area contributed by atoms with Crippen molar-refractivity contribution in [3.8, 4) is 5.75 Å². The van der Waals surface area contributed by atoms with Crippen molar-refractivity contribution in [2.45, 2.75) is 11.3 Å². The summed E-state index contributed by atoms with van der Waals surface area (Å²) in [6, 6.07) is 7.70. The molecule has 0 aromatic heterocycles. The lowest BCUT2D eigenvalue weighted by atomic mass is 10.1. The van der Waals surface area contributed by atoms with E-state index in [4.69, 9.17) is 9.98 Å². The molecular formula is C17H13FN2O7S. The summed E-state index contributed by atoms with van der Waals surface area (Å²) in [7, 11) is -3.28. The Morgan fingerprint density at radius 3 is 2.21 bits per heavy atom. The number of benzene rings is 2. The normalized spacial score (nSPS) is 13.5. The smallest absolute Gasteiger partial charge is 0.337 e. The molecule has 11 heteroatoms. The molecular weight excluding hydrogens is 395 g/mol. The standard InChI is InChI=1S/C17H13FN2O7S/c1-26-15-12(18)6-9(7-13(15)28(19,24)25)8-14(21)27-20-16(22)10-4-2-3-5-11(10)17(20)23/h2-7H,8H2,1H3,(H2,19,24,25). The number of methoxy groups -OCH3 is 1. The molecule has 0 spiro atoms. The summed E-state index contributed by atoms with van der Waals surface area (Å²) >= 11 is 0. The molecule has 0 unspecified atom stereocenters. The van der Waals surface area contributed by atoms with Gasteiger partial charge in [0.25, 0.3) is 11.8 Å². The number of halogens is 1. The van der Waals surface area contributed by atoms with Gasteiger partial charge in [-0.15, -0.1) is 0 Å². The summed E-state index contributed by atoms with van der Waals surface area (Å²) in [5, 5.41) is 5.33. The van der Waals surface area contributed by atoms with E-state index in [1.807, 2.05) is 0 Å². The number of ether oxygens (including phenoxy) is 1. The van der Waals surface area contributed by atoms with Gasteiger partial charge in [-0.3, -0.25) is 9.59 Å². The first-order valence-corrected chi connectivity index (χ1v) is 9.26. The van der Waals surface area contributed by atoms with Gasteiger partial charge in [0.05, 0.1) is 24.7 Å². The highest BCUT2D eigenvalue weighted by Crippen LogP contribution is 2.28. The van der Waals surface area contributed by atoms with Crippen LogP contribution < -0.4 is 9.88 Å². The van der Waals surface area contributed by atoms with E-state index in [1.54, 1.807) is 12.1 Å². The average molecular weight is 408 g/mol. The second-order valence-electron chi connectivity index (χ2n) is 5.74. The van der Waals surface area contributed by atoms with Crippen LogP contribution in [0.5, 0.6) is 5.75 Å². The highest BCUT2D eigenvalue weighted by atomic mass is 32.2. The monoisotopic (exact) mass is 408 g/mol. The zero-order chi connectivity index (χ0) is 20.6. The Bertz CT molecular complexity index is 1080. The van der Waals surface area contributed by atoms with Crippen LogP contribution >= 0.6 is 0 Å². The molecule has 0 aliphatic carbocycles. The number of carbonyl (C=O) groups excluding carboxylic acids is 3. The summed E-state index contributed by atoms with van der Waals surface area (Å²) in [5.41, 5.74) is 0.0449. The Morgan fingerprint density at radius 2 is 1.71 bits per heavy atom. The highest BCUT2D eigenvalue weighted by molar-refractivity contribution is 7.89. The Morgan fingerprint density at radius 1 is 1.14 bits per heavy atom. The van der Waals surface area contributed by atoms with Gasteiger partial charge in [-0.2, -0.15) is 0 Å². The minimum atomic E-state index is -4.34. The minimum Gasteiger partial charge on any atom is -0.492 e. The molecule has 2 aromatic rings. The number of nitrogens with two attached hydrogens (primary N) is 1. The number of primary sulfonamides is 1. The third-order valence-corrected chi connectivity index (χ3v) is 4.79. The molecule has 146 valence electrons. The molecule has 2 N–H and O–H groups in total. The molecule has 9 nitrogen and oxygen atoms in total. The van der Waals surface area contributed by atoms with Crippen molar-refractivity contribution in [3.05, 3.63) is 58.9 Å². The van der Waals surface area contributed by atoms with E-state index in [9.17, 15) is 27.2 Å². The molecule has 2 amide bonds. The molecule has 2 aromatic carbocycles. The maximum atomic E-state index is 14.1. The second-order valence-corrected chi connectivity index (χ2v) is 7.27. The van der Waals surface area contributed by atoms with Gasteiger partial charge in [-0.05, 0) is 29.8 Å². The van der Waals surface area contributed by atoms with Gasteiger partial charge >= 0.3 is 5.97 Å². The van der Waals surface area contributed by atoms with Gasteiger partial charge in [0.15, 0.2) is 11.6 Å².